The van der Waals surface area contributed by atoms with Gasteiger partial charge in [0.25, 0.3) is 0 Å². The number of ether oxygens (including phenoxy) is 1. The Kier molecular flexibility index (Phi) is 3.95. The molecule has 92 valence electrons. The van der Waals surface area contributed by atoms with Crippen LogP contribution in [-0.4, -0.2) is 6.29 Å². The van der Waals surface area contributed by atoms with Crippen molar-refractivity contribution in [1.82, 2.24) is 0 Å². The fourth-order valence-electron chi connectivity index (χ4n) is 1.54. The van der Waals surface area contributed by atoms with Crippen molar-refractivity contribution in [2.24, 2.45) is 0 Å². The summed E-state index contributed by atoms with van der Waals surface area (Å²) >= 11 is 5.74. The van der Waals surface area contributed by atoms with Crippen molar-refractivity contribution in [3.63, 3.8) is 0 Å². The van der Waals surface area contributed by atoms with Gasteiger partial charge >= 0.3 is 0 Å². The van der Waals surface area contributed by atoms with Crippen LogP contribution in [0.2, 0.25) is 5.02 Å². The number of rotatable bonds is 4. The summed E-state index contributed by atoms with van der Waals surface area (Å²) in [5.41, 5.74) is 1.17. The van der Waals surface area contributed by atoms with Crippen molar-refractivity contribution in [3.05, 3.63) is 64.4 Å². The topological polar surface area (TPSA) is 26.3 Å². The summed E-state index contributed by atoms with van der Waals surface area (Å²) < 4.78 is 18.5. The molecule has 0 radical (unpaired) electrons. The molecule has 0 saturated heterocycles. The van der Waals surface area contributed by atoms with E-state index in [9.17, 15) is 9.18 Å². The normalized spacial score (nSPS) is 10.1. The van der Waals surface area contributed by atoms with Crippen LogP contribution in [0.3, 0.4) is 0 Å². The van der Waals surface area contributed by atoms with Gasteiger partial charge in [0.05, 0.1) is 0 Å². The summed E-state index contributed by atoms with van der Waals surface area (Å²) in [6.07, 6.45) is 0.742. The highest BCUT2D eigenvalue weighted by Crippen LogP contribution is 2.17. The molecule has 2 rings (SSSR count). The highest BCUT2D eigenvalue weighted by molar-refractivity contribution is 6.30. The van der Waals surface area contributed by atoms with Crippen LogP contribution < -0.4 is 4.74 Å². The van der Waals surface area contributed by atoms with Gasteiger partial charge in [-0.25, -0.2) is 4.39 Å². The number of halogens is 2. The predicted octanol–water partition coefficient (Wildman–Crippen LogP) is 3.87. The molecule has 0 heterocycles. The quantitative estimate of drug-likeness (QED) is 0.784. The van der Waals surface area contributed by atoms with Crippen molar-refractivity contribution in [2.75, 3.05) is 0 Å². The van der Waals surface area contributed by atoms with E-state index in [-0.39, 0.29) is 6.61 Å². The van der Waals surface area contributed by atoms with E-state index in [0.717, 1.165) is 6.29 Å². The number of aldehydes is 1. The molecule has 0 aromatic heterocycles. The Labute approximate surface area is 109 Å². The van der Waals surface area contributed by atoms with Crippen LogP contribution in [0.4, 0.5) is 4.39 Å². The third-order valence-electron chi connectivity index (χ3n) is 2.32. The Balaban J connectivity index is 2.08. The van der Waals surface area contributed by atoms with Gasteiger partial charge in [0, 0.05) is 10.6 Å². The number of benzene rings is 2. The lowest BCUT2D eigenvalue weighted by atomic mass is 10.2. The molecule has 18 heavy (non-hydrogen) atoms. The van der Waals surface area contributed by atoms with E-state index >= 15 is 0 Å². The molecule has 0 aliphatic carbocycles. The minimum atomic E-state index is -0.400. The molecule has 2 aromatic carbocycles. The first-order valence-corrected chi connectivity index (χ1v) is 5.68. The van der Waals surface area contributed by atoms with Gasteiger partial charge in [-0.15, -0.1) is 0 Å². The van der Waals surface area contributed by atoms with Crippen LogP contribution in [0.5, 0.6) is 5.75 Å². The summed E-state index contributed by atoms with van der Waals surface area (Å²) in [6.45, 7) is 0.194. The second-order valence-corrected chi connectivity index (χ2v) is 4.19. The first-order chi connectivity index (χ1) is 8.67. The molecule has 2 aromatic rings. The summed E-state index contributed by atoms with van der Waals surface area (Å²) in [5, 5.41) is 0.329. The molecule has 0 aliphatic heterocycles. The Morgan fingerprint density at radius 3 is 2.78 bits per heavy atom. The lowest BCUT2D eigenvalue weighted by Gasteiger charge is -2.07. The fraction of sp³-hybridized carbons (Fsp3) is 0.0714. The van der Waals surface area contributed by atoms with Crippen LogP contribution in [-0.2, 0) is 6.61 Å². The predicted molar refractivity (Wildman–Crippen MR) is 67.6 cm³/mol. The molecular weight excluding hydrogens is 255 g/mol. The Hall–Kier alpha value is -1.87. The van der Waals surface area contributed by atoms with Gasteiger partial charge in [-0.1, -0.05) is 23.7 Å². The summed E-state index contributed by atoms with van der Waals surface area (Å²) in [6, 6.07) is 11.0. The first-order valence-electron chi connectivity index (χ1n) is 5.30. The van der Waals surface area contributed by atoms with Crippen LogP contribution in [0, 0.1) is 5.82 Å². The average molecular weight is 265 g/mol. The van der Waals surface area contributed by atoms with Crippen LogP contribution in [0.25, 0.3) is 0 Å². The van der Waals surface area contributed by atoms with Gasteiger partial charge in [0.15, 0.2) is 0 Å². The molecule has 0 unspecified atom stereocenters. The number of carbonyl (C=O) groups is 1. The van der Waals surface area contributed by atoms with E-state index in [4.69, 9.17) is 16.3 Å². The van der Waals surface area contributed by atoms with Crippen molar-refractivity contribution in [2.45, 2.75) is 6.61 Å². The molecule has 0 aliphatic rings. The first kappa shape index (κ1) is 12.6. The maximum atomic E-state index is 13.1. The molecule has 0 amide bonds. The fourth-order valence-corrected chi connectivity index (χ4v) is 1.78. The molecule has 0 spiro atoms. The van der Waals surface area contributed by atoms with Crippen molar-refractivity contribution >= 4 is 17.9 Å². The van der Waals surface area contributed by atoms with Gasteiger partial charge in [-0.2, -0.15) is 0 Å². The van der Waals surface area contributed by atoms with Gasteiger partial charge in [-0.05, 0) is 35.9 Å². The summed E-state index contributed by atoms with van der Waals surface area (Å²) in [5.74, 6) is 0.155. The highest BCUT2D eigenvalue weighted by atomic mass is 35.5. The minimum absolute atomic E-state index is 0.194. The minimum Gasteiger partial charge on any atom is -0.489 e. The van der Waals surface area contributed by atoms with E-state index in [1.807, 2.05) is 0 Å². The maximum absolute atomic E-state index is 13.1. The molecule has 0 fully saturated rings. The van der Waals surface area contributed by atoms with Crippen LogP contribution in [0.15, 0.2) is 42.5 Å². The van der Waals surface area contributed by atoms with Crippen molar-refractivity contribution in [3.8, 4) is 5.75 Å². The summed E-state index contributed by atoms with van der Waals surface area (Å²) in [7, 11) is 0. The molecule has 0 bridgehead atoms. The SMILES string of the molecule is O=Cc1cccc(OCc2cc(F)cc(Cl)c2)c1. The van der Waals surface area contributed by atoms with Crippen LogP contribution in [0.1, 0.15) is 15.9 Å². The molecule has 2 nitrogen and oxygen atoms in total. The van der Waals surface area contributed by atoms with Crippen molar-refractivity contribution in [1.29, 1.82) is 0 Å². The largest absolute Gasteiger partial charge is 0.489 e. The zero-order chi connectivity index (χ0) is 13.0. The lowest BCUT2D eigenvalue weighted by molar-refractivity contribution is 0.112. The zero-order valence-electron chi connectivity index (χ0n) is 9.40. The standard InChI is InChI=1S/C14H10ClFO2/c15-12-4-11(5-13(16)7-12)9-18-14-3-1-2-10(6-14)8-17/h1-8H,9H2. The van der Waals surface area contributed by atoms with Gasteiger partial charge in [-0.3, -0.25) is 4.79 Å². The molecule has 0 saturated carbocycles. The van der Waals surface area contributed by atoms with Gasteiger partial charge in [0.2, 0.25) is 0 Å². The maximum Gasteiger partial charge on any atom is 0.150 e. The zero-order valence-corrected chi connectivity index (χ0v) is 10.2. The number of hydrogen-bond acceptors (Lipinski definition) is 2. The van der Waals surface area contributed by atoms with E-state index in [0.29, 0.717) is 21.9 Å². The Morgan fingerprint density at radius 2 is 2.06 bits per heavy atom. The van der Waals surface area contributed by atoms with E-state index in [1.54, 1.807) is 30.3 Å². The van der Waals surface area contributed by atoms with E-state index < -0.39 is 5.82 Å². The second-order valence-electron chi connectivity index (χ2n) is 3.76. The summed E-state index contributed by atoms with van der Waals surface area (Å²) in [4.78, 5) is 10.6. The second kappa shape index (κ2) is 5.65. The average Bonchev–Trinajstić information content (AvgIpc) is 2.35. The van der Waals surface area contributed by atoms with Crippen LogP contribution >= 0.6 is 11.6 Å². The number of carbonyl (C=O) groups excluding carboxylic acids is 1. The highest BCUT2D eigenvalue weighted by Gasteiger charge is 2.01. The third-order valence-corrected chi connectivity index (χ3v) is 2.54. The molecular formula is C14H10ClFO2. The van der Waals surface area contributed by atoms with E-state index in [2.05, 4.69) is 0 Å². The van der Waals surface area contributed by atoms with Gasteiger partial charge < -0.3 is 4.74 Å². The van der Waals surface area contributed by atoms with Gasteiger partial charge in [0.1, 0.15) is 24.5 Å². The monoisotopic (exact) mass is 264 g/mol. The third kappa shape index (κ3) is 3.31. The molecule has 0 N–H and O–H groups in total. The Bertz CT molecular complexity index is 549. The smallest absolute Gasteiger partial charge is 0.150 e. The Morgan fingerprint density at radius 1 is 1.22 bits per heavy atom. The molecule has 4 heteroatoms. The van der Waals surface area contributed by atoms with E-state index in [1.165, 1.54) is 12.1 Å². The molecule has 0 atom stereocenters. The lowest BCUT2D eigenvalue weighted by Crippen LogP contribution is -1.96. The van der Waals surface area contributed by atoms with Crippen molar-refractivity contribution < 1.29 is 13.9 Å². The number of hydrogen-bond donors (Lipinski definition) is 0.